The first-order chi connectivity index (χ1) is 7.46. The van der Waals surface area contributed by atoms with Crippen LogP contribution in [0.25, 0.3) is 10.9 Å². The van der Waals surface area contributed by atoms with Crippen molar-refractivity contribution in [2.45, 2.75) is 6.36 Å². The van der Waals surface area contributed by atoms with Gasteiger partial charge in [-0.2, -0.15) is 0 Å². The molecule has 1 radical (unpaired) electrons. The fraction of sp³-hybridized carbons (Fsp3) is 0.0909. The largest absolute Gasteiger partial charge is 0.573 e. The lowest BCUT2D eigenvalue weighted by atomic mass is 10.1. The van der Waals surface area contributed by atoms with Crippen molar-refractivity contribution in [3.05, 3.63) is 42.9 Å². The minimum atomic E-state index is -4.68. The molecule has 2 aromatic rings. The fourth-order valence-electron chi connectivity index (χ4n) is 1.38. The summed E-state index contributed by atoms with van der Waals surface area (Å²) in [6.45, 7) is 3.71. The number of hydrogen-bond acceptors (Lipinski definition) is 2. The molecule has 0 unspecified atom stereocenters. The van der Waals surface area contributed by atoms with Crippen LogP contribution in [-0.2, 0) is 0 Å². The van der Waals surface area contributed by atoms with E-state index in [1.54, 1.807) is 12.3 Å². The average molecular weight is 226 g/mol. The second-order valence-electron chi connectivity index (χ2n) is 3.20. The molecular weight excluding hydrogens is 219 g/mol. The normalized spacial score (nSPS) is 11.8. The van der Waals surface area contributed by atoms with Gasteiger partial charge in [-0.15, -0.1) is 13.2 Å². The average Bonchev–Trinajstić information content (AvgIpc) is 2.17. The molecule has 0 N–H and O–H groups in total. The molecule has 0 fully saturated rings. The Morgan fingerprint density at radius 3 is 2.62 bits per heavy atom. The minimum absolute atomic E-state index is 0.266. The highest BCUT2D eigenvalue weighted by Gasteiger charge is 2.31. The maximum atomic E-state index is 12.0. The third-order valence-electron chi connectivity index (χ3n) is 2.04. The second kappa shape index (κ2) is 3.66. The summed E-state index contributed by atoms with van der Waals surface area (Å²) in [5.74, 6) is -0.266. The number of benzene rings is 1. The van der Waals surface area contributed by atoms with Gasteiger partial charge in [0.2, 0.25) is 0 Å². The molecule has 0 aliphatic rings. The van der Waals surface area contributed by atoms with Crippen molar-refractivity contribution in [1.29, 1.82) is 0 Å². The smallest absolute Gasteiger partial charge is 0.406 e. The van der Waals surface area contributed by atoms with E-state index in [0.29, 0.717) is 16.5 Å². The van der Waals surface area contributed by atoms with Crippen molar-refractivity contribution in [2.75, 3.05) is 0 Å². The Hall–Kier alpha value is -1.78. The molecule has 2 rings (SSSR count). The van der Waals surface area contributed by atoms with Crippen LogP contribution in [0.5, 0.6) is 5.75 Å². The summed E-state index contributed by atoms with van der Waals surface area (Å²) in [5, 5.41) is 0.546. The minimum Gasteiger partial charge on any atom is -0.406 e. The first kappa shape index (κ1) is 10.7. The third-order valence-corrected chi connectivity index (χ3v) is 2.04. The summed E-state index contributed by atoms with van der Waals surface area (Å²) in [7, 11) is 0. The van der Waals surface area contributed by atoms with Crippen LogP contribution in [0, 0.1) is 6.92 Å². The Balaban J connectivity index is 2.47. The van der Waals surface area contributed by atoms with E-state index in [4.69, 9.17) is 0 Å². The molecule has 16 heavy (non-hydrogen) atoms. The lowest BCUT2D eigenvalue weighted by molar-refractivity contribution is -0.274. The van der Waals surface area contributed by atoms with Gasteiger partial charge < -0.3 is 4.74 Å². The van der Waals surface area contributed by atoms with Crippen molar-refractivity contribution in [3.63, 3.8) is 0 Å². The van der Waals surface area contributed by atoms with Crippen LogP contribution in [0.3, 0.4) is 0 Å². The predicted molar refractivity (Wildman–Crippen MR) is 52.9 cm³/mol. The number of alkyl halides is 3. The number of nitrogens with zero attached hydrogens (tertiary/aromatic N) is 1. The second-order valence-corrected chi connectivity index (χ2v) is 3.20. The number of rotatable bonds is 1. The summed E-state index contributed by atoms with van der Waals surface area (Å²) < 4.78 is 39.8. The molecule has 0 saturated carbocycles. The summed E-state index contributed by atoms with van der Waals surface area (Å²) in [6.07, 6.45) is -3.13. The molecule has 83 valence electrons. The Labute approximate surface area is 89.7 Å². The van der Waals surface area contributed by atoms with Crippen LogP contribution in [0.1, 0.15) is 5.56 Å². The molecule has 1 heterocycles. The zero-order valence-corrected chi connectivity index (χ0v) is 8.08. The molecule has 2 nitrogen and oxygen atoms in total. The highest BCUT2D eigenvalue weighted by molar-refractivity contribution is 5.84. The van der Waals surface area contributed by atoms with E-state index in [1.165, 1.54) is 18.2 Å². The fourth-order valence-corrected chi connectivity index (χ4v) is 1.38. The highest BCUT2D eigenvalue weighted by Crippen LogP contribution is 2.26. The van der Waals surface area contributed by atoms with Crippen LogP contribution in [0.4, 0.5) is 13.2 Å². The van der Waals surface area contributed by atoms with Gasteiger partial charge in [-0.1, -0.05) is 0 Å². The summed E-state index contributed by atoms with van der Waals surface area (Å²) in [4.78, 5) is 4.00. The van der Waals surface area contributed by atoms with Crippen molar-refractivity contribution in [3.8, 4) is 5.75 Å². The first-order valence-corrected chi connectivity index (χ1v) is 4.42. The SMILES string of the molecule is [CH2]c1ccnc2ccc(OC(F)(F)F)cc12. The zero-order valence-electron chi connectivity index (χ0n) is 8.08. The van der Waals surface area contributed by atoms with Gasteiger partial charge in [0.1, 0.15) is 5.75 Å². The molecule has 0 aliphatic heterocycles. The van der Waals surface area contributed by atoms with Crippen molar-refractivity contribution < 1.29 is 17.9 Å². The van der Waals surface area contributed by atoms with E-state index in [-0.39, 0.29) is 5.75 Å². The molecule has 0 atom stereocenters. The van der Waals surface area contributed by atoms with Gasteiger partial charge in [-0.3, -0.25) is 4.98 Å². The number of halogens is 3. The summed E-state index contributed by atoms with van der Waals surface area (Å²) in [6, 6.07) is 5.59. The van der Waals surface area contributed by atoms with E-state index in [9.17, 15) is 13.2 Å². The summed E-state index contributed by atoms with van der Waals surface area (Å²) in [5.41, 5.74) is 1.19. The van der Waals surface area contributed by atoms with Gasteiger partial charge in [0, 0.05) is 11.6 Å². The Bertz CT molecular complexity index is 522. The molecule has 0 bridgehead atoms. The molecule has 1 aromatic carbocycles. The molecular formula is C11H7F3NO. The molecule has 0 saturated heterocycles. The zero-order chi connectivity index (χ0) is 11.8. The van der Waals surface area contributed by atoms with E-state index >= 15 is 0 Å². The maximum Gasteiger partial charge on any atom is 0.573 e. The van der Waals surface area contributed by atoms with Gasteiger partial charge in [0.25, 0.3) is 0 Å². The van der Waals surface area contributed by atoms with Crippen LogP contribution in [0.15, 0.2) is 30.5 Å². The van der Waals surface area contributed by atoms with Gasteiger partial charge in [0.05, 0.1) is 5.52 Å². The highest BCUT2D eigenvalue weighted by atomic mass is 19.4. The van der Waals surface area contributed by atoms with Crippen LogP contribution in [0.2, 0.25) is 0 Å². The van der Waals surface area contributed by atoms with Gasteiger partial charge in [0.15, 0.2) is 0 Å². The van der Waals surface area contributed by atoms with Crippen LogP contribution < -0.4 is 4.74 Å². The van der Waals surface area contributed by atoms with E-state index in [1.807, 2.05) is 0 Å². The lowest BCUT2D eigenvalue weighted by Gasteiger charge is -2.09. The number of pyridine rings is 1. The Morgan fingerprint density at radius 1 is 1.19 bits per heavy atom. The molecule has 0 amide bonds. The van der Waals surface area contributed by atoms with E-state index in [0.717, 1.165) is 0 Å². The monoisotopic (exact) mass is 226 g/mol. The number of aromatic nitrogens is 1. The molecule has 1 aromatic heterocycles. The quantitative estimate of drug-likeness (QED) is 0.744. The summed E-state index contributed by atoms with van der Waals surface area (Å²) >= 11 is 0. The Kier molecular flexibility index (Phi) is 2.46. The molecule has 5 heteroatoms. The predicted octanol–water partition coefficient (Wildman–Crippen LogP) is 3.32. The van der Waals surface area contributed by atoms with Crippen LogP contribution >= 0.6 is 0 Å². The van der Waals surface area contributed by atoms with Crippen molar-refractivity contribution >= 4 is 10.9 Å². The topological polar surface area (TPSA) is 22.1 Å². The standard InChI is InChI=1S/C11H7F3NO/c1-7-4-5-15-10-3-2-8(6-9(7)10)16-11(12,13)14/h2-6H,1H2. The molecule has 0 spiro atoms. The van der Waals surface area contributed by atoms with Crippen LogP contribution in [-0.4, -0.2) is 11.3 Å². The number of hydrogen-bond donors (Lipinski definition) is 0. The number of ether oxygens (including phenoxy) is 1. The van der Waals surface area contributed by atoms with Crippen molar-refractivity contribution in [1.82, 2.24) is 4.98 Å². The van der Waals surface area contributed by atoms with E-state index in [2.05, 4.69) is 16.6 Å². The third kappa shape index (κ3) is 2.24. The van der Waals surface area contributed by atoms with E-state index < -0.39 is 6.36 Å². The van der Waals surface area contributed by atoms with Gasteiger partial charge in [-0.05, 0) is 36.8 Å². The molecule has 0 aliphatic carbocycles. The number of fused-ring (bicyclic) bond motifs is 1. The van der Waals surface area contributed by atoms with Crippen molar-refractivity contribution in [2.24, 2.45) is 0 Å². The lowest BCUT2D eigenvalue weighted by Crippen LogP contribution is -2.17. The van der Waals surface area contributed by atoms with Gasteiger partial charge >= 0.3 is 6.36 Å². The van der Waals surface area contributed by atoms with Gasteiger partial charge in [-0.25, -0.2) is 0 Å². The first-order valence-electron chi connectivity index (χ1n) is 4.42. The Morgan fingerprint density at radius 2 is 1.94 bits per heavy atom. The maximum absolute atomic E-state index is 12.0.